The minimum Gasteiger partial charge on any atom is -0.383 e. The zero-order chi connectivity index (χ0) is 12.8. The summed E-state index contributed by atoms with van der Waals surface area (Å²) in [5.41, 5.74) is 8.60. The SMILES string of the molecule is CC1(C)CCCc2nn(-c3ncccn3)c(N)c21. The van der Waals surface area contributed by atoms with Crippen molar-refractivity contribution in [2.45, 2.75) is 38.5 Å². The molecule has 2 aromatic heterocycles. The maximum Gasteiger partial charge on any atom is 0.252 e. The predicted molar refractivity (Wildman–Crippen MR) is 69.5 cm³/mol. The molecule has 94 valence electrons. The van der Waals surface area contributed by atoms with Crippen LogP contribution in [0.2, 0.25) is 0 Å². The van der Waals surface area contributed by atoms with Crippen LogP contribution in [0.25, 0.3) is 5.95 Å². The molecule has 18 heavy (non-hydrogen) atoms. The summed E-state index contributed by atoms with van der Waals surface area (Å²) < 4.78 is 1.66. The Morgan fingerprint density at radius 2 is 2.00 bits per heavy atom. The summed E-state index contributed by atoms with van der Waals surface area (Å²) in [6, 6.07) is 1.78. The Kier molecular flexibility index (Phi) is 2.36. The molecular weight excluding hydrogens is 226 g/mol. The van der Waals surface area contributed by atoms with E-state index in [1.165, 1.54) is 5.56 Å². The highest BCUT2D eigenvalue weighted by Gasteiger charge is 2.33. The molecule has 0 fully saturated rings. The Balaban J connectivity index is 2.18. The number of aromatic nitrogens is 4. The lowest BCUT2D eigenvalue weighted by Crippen LogP contribution is -2.24. The Hall–Kier alpha value is -1.91. The van der Waals surface area contributed by atoms with Crippen LogP contribution in [0.5, 0.6) is 0 Å². The van der Waals surface area contributed by atoms with Crippen LogP contribution in [0.4, 0.5) is 5.82 Å². The number of aryl methyl sites for hydroxylation is 1. The van der Waals surface area contributed by atoms with Crippen molar-refractivity contribution in [2.24, 2.45) is 0 Å². The molecule has 0 bridgehead atoms. The third-order valence-electron chi connectivity index (χ3n) is 3.63. The van der Waals surface area contributed by atoms with Gasteiger partial charge in [-0.3, -0.25) is 0 Å². The van der Waals surface area contributed by atoms with Gasteiger partial charge in [0, 0.05) is 18.0 Å². The van der Waals surface area contributed by atoms with E-state index in [0.717, 1.165) is 25.0 Å². The first-order chi connectivity index (χ1) is 8.59. The molecule has 5 nitrogen and oxygen atoms in total. The van der Waals surface area contributed by atoms with Crippen LogP contribution in [0, 0.1) is 0 Å². The number of hydrogen-bond donors (Lipinski definition) is 1. The van der Waals surface area contributed by atoms with E-state index in [1.54, 1.807) is 23.1 Å². The van der Waals surface area contributed by atoms with Gasteiger partial charge in [-0.1, -0.05) is 13.8 Å². The van der Waals surface area contributed by atoms with E-state index in [-0.39, 0.29) is 5.41 Å². The third-order valence-corrected chi connectivity index (χ3v) is 3.63. The number of fused-ring (bicyclic) bond motifs is 1. The fourth-order valence-electron chi connectivity index (χ4n) is 2.77. The molecule has 0 saturated carbocycles. The average Bonchev–Trinajstić information content (AvgIpc) is 2.69. The smallest absolute Gasteiger partial charge is 0.252 e. The molecule has 1 aliphatic carbocycles. The summed E-state index contributed by atoms with van der Waals surface area (Å²) in [5.74, 6) is 1.22. The Bertz CT molecular complexity index is 571. The lowest BCUT2D eigenvalue weighted by molar-refractivity contribution is 0.432. The molecule has 3 rings (SSSR count). The second kappa shape index (κ2) is 3.80. The van der Waals surface area contributed by atoms with Gasteiger partial charge in [0.1, 0.15) is 5.82 Å². The van der Waals surface area contributed by atoms with Crippen molar-refractivity contribution in [2.75, 3.05) is 5.73 Å². The van der Waals surface area contributed by atoms with Gasteiger partial charge in [-0.15, -0.1) is 0 Å². The quantitative estimate of drug-likeness (QED) is 0.830. The molecule has 1 aliphatic rings. The van der Waals surface area contributed by atoms with Crippen molar-refractivity contribution >= 4 is 5.82 Å². The largest absolute Gasteiger partial charge is 0.383 e. The van der Waals surface area contributed by atoms with Gasteiger partial charge in [-0.05, 0) is 30.7 Å². The van der Waals surface area contributed by atoms with Crippen molar-refractivity contribution in [3.05, 3.63) is 29.7 Å². The van der Waals surface area contributed by atoms with Gasteiger partial charge in [-0.2, -0.15) is 9.78 Å². The zero-order valence-electron chi connectivity index (χ0n) is 10.7. The van der Waals surface area contributed by atoms with Gasteiger partial charge < -0.3 is 5.73 Å². The number of rotatable bonds is 1. The van der Waals surface area contributed by atoms with E-state index in [2.05, 4.69) is 28.9 Å². The molecule has 0 amide bonds. The van der Waals surface area contributed by atoms with E-state index in [0.29, 0.717) is 11.8 Å². The van der Waals surface area contributed by atoms with Gasteiger partial charge >= 0.3 is 0 Å². The van der Waals surface area contributed by atoms with E-state index in [1.807, 2.05) is 0 Å². The topological polar surface area (TPSA) is 69.6 Å². The van der Waals surface area contributed by atoms with Crippen LogP contribution in [0.1, 0.15) is 37.9 Å². The summed E-state index contributed by atoms with van der Waals surface area (Å²) >= 11 is 0. The van der Waals surface area contributed by atoms with Crippen molar-refractivity contribution in [1.29, 1.82) is 0 Å². The number of anilines is 1. The average molecular weight is 243 g/mol. The standard InChI is InChI=1S/C13H17N5/c1-13(2)6-3-5-9-10(13)11(14)18(17-9)12-15-7-4-8-16-12/h4,7-8H,3,5-6,14H2,1-2H3. The summed E-state index contributed by atoms with van der Waals surface area (Å²) in [6.07, 6.45) is 6.70. The number of nitrogens with two attached hydrogens (primary N) is 1. The summed E-state index contributed by atoms with van der Waals surface area (Å²) in [6.45, 7) is 4.44. The van der Waals surface area contributed by atoms with Crippen LogP contribution >= 0.6 is 0 Å². The number of hydrogen-bond acceptors (Lipinski definition) is 4. The molecule has 0 atom stereocenters. The van der Waals surface area contributed by atoms with Crippen LogP contribution < -0.4 is 5.73 Å². The van der Waals surface area contributed by atoms with E-state index in [4.69, 9.17) is 5.73 Å². The van der Waals surface area contributed by atoms with Gasteiger partial charge in [0.2, 0.25) is 0 Å². The first kappa shape index (κ1) is 11.2. The molecular formula is C13H17N5. The maximum atomic E-state index is 6.25. The summed E-state index contributed by atoms with van der Waals surface area (Å²) in [4.78, 5) is 8.42. The highest BCUT2D eigenvalue weighted by molar-refractivity contribution is 5.52. The van der Waals surface area contributed by atoms with Gasteiger partial charge in [0.05, 0.1) is 5.69 Å². The lowest BCUT2D eigenvalue weighted by atomic mass is 9.75. The molecule has 2 heterocycles. The first-order valence-corrected chi connectivity index (χ1v) is 6.25. The Morgan fingerprint density at radius 3 is 2.67 bits per heavy atom. The fraction of sp³-hybridized carbons (Fsp3) is 0.462. The Labute approximate surface area is 106 Å². The van der Waals surface area contributed by atoms with Gasteiger partial charge in [0.15, 0.2) is 0 Å². The molecule has 5 heteroatoms. The van der Waals surface area contributed by atoms with E-state index in [9.17, 15) is 0 Å². The molecule has 0 saturated heterocycles. The second-order valence-corrected chi connectivity index (χ2v) is 5.40. The van der Waals surface area contributed by atoms with Gasteiger partial charge in [-0.25, -0.2) is 9.97 Å². The molecule has 2 N–H and O–H groups in total. The molecule has 0 aromatic carbocycles. The fourth-order valence-corrected chi connectivity index (χ4v) is 2.77. The van der Waals surface area contributed by atoms with Crippen molar-refractivity contribution in [1.82, 2.24) is 19.7 Å². The van der Waals surface area contributed by atoms with Gasteiger partial charge in [0.25, 0.3) is 5.95 Å². The lowest BCUT2D eigenvalue weighted by Gasteiger charge is -2.29. The van der Waals surface area contributed by atoms with Crippen molar-refractivity contribution < 1.29 is 0 Å². The summed E-state index contributed by atoms with van der Waals surface area (Å²) in [7, 11) is 0. The highest BCUT2D eigenvalue weighted by atomic mass is 15.4. The Morgan fingerprint density at radius 1 is 1.28 bits per heavy atom. The molecule has 0 aliphatic heterocycles. The minimum atomic E-state index is 0.0880. The summed E-state index contributed by atoms with van der Waals surface area (Å²) in [5, 5.41) is 4.58. The van der Waals surface area contributed by atoms with Crippen LogP contribution in [-0.2, 0) is 11.8 Å². The zero-order valence-corrected chi connectivity index (χ0v) is 10.7. The van der Waals surface area contributed by atoms with Crippen LogP contribution in [-0.4, -0.2) is 19.7 Å². The highest BCUT2D eigenvalue weighted by Crippen LogP contribution is 2.40. The number of nitrogen functional groups attached to an aromatic ring is 1. The third kappa shape index (κ3) is 1.58. The van der Waals surface area contributed by atoms with Crippen LogP contribution in [0.3, 0.4) is 0 Å². The molecule has 0 unspecified atom stereocenters. The predicted octanol–water partition coefficient (Wildman–Crippen LogP) is 1.86. The van der Waals surface area contributed by atoms with E-state index < -0.39 is 0 Å². The van der Waals surface area contributed by atoms with Crippen molar-refractivity contribution in [3.63, 3.8) is 0 Å². The normalized spacial score (nSPS) is 17.4. The first-order valence-electron chi connectivity index (χ1n) is 6.25. The minimum absolute atomic E-state index is 0.0880. The molecule has 0 radical (unpaired) electrons. The van der Waals surface area contributed by atoms with Crippen LogP contribution in [0.15, 0.2) is 18.5 Å². The van der Waals surface area contributed by atoms with Crippen molar-refractivity contribution in [3.8, 4) is 5.95 Å². The second-order valence-electron chi connectivity index (χ2n) is 5.40. The maximum absolute atomic E-state index is 6.25. The number of nitrogens with zero attached hydrogens (tertiary/aromatic N) is 4. The van der Waals surface area contributed by atoms with E-state index >= 15 is 0 Å². The monoisotopic (exact) mass is 243 g/mol. The molecule has 2 aromatic rings. The molecule has 0 spiro atoms.